The third kappa shape index (κ3) is 10.0. The van der Waals surface area contributed by atoms with Crippen molar-refractivity contribution in [3.63, 3.8) is 0 Å². The number of hydrogen-bond donors (Lipinski definition) is 0. The second-order valence-corrected chi connectivity index (χ2v) is 7.17. The number of carbonyl (C=O) groups is 2. The lowest BCUT2D eigenvalue weighted by Gasteiger charge is -2.21. The molecule has 0 spiro atoms. The van der Waals surface area contributed by atoms with Crippen molar-refractivity contribution in [2.75, 3.05) is 35.0 Å². The van der Waals surface area contributed by atoms with Gasteiger partial charge < -0.3 is 22.8 Å². The Bertz CT molecular complexity index is 406. The molecule has 0 aromatic rings. The zero-order valence-corrected chi connectivity index (χ0v) is 16.1. The third-order valence-corrected chi connectivity index (χ3v) is 5.03. The van der Waals surface area contributed by atoms with Crippen molar-refractivity contribution in [3.8, 4) is 0 Å². The lowest BCUT2D eigenvalue weighted by molar-refractivity contribution is -0.139. The van der Waals surface area contributed by atoms with Crippen LogP contribution in [0.3, 0.4) is 0 Å². The van der Waals surface area contributed by atoms with Crippen LogP contribution < -0.4 is 0 Å². The van der Waals surface area contributed by atoms with Gasteiger partial charge in [-0.25, -0.2) is 9.59 Å². The fourth-order valence-corrected chi connectivity index (χ4v) is 2.74. The van der Waals surface area contributed by atoms with Gasteiger partial charge in [-0.15, -0.1) is 0 Å². The number of ether oxygens (including phenoxy) is 2. The van der Waals surface area contributed by atoms with Crippen molar-refractivity contribution >= 4 is 20.7 Å². The monoisotopic (exact) mass is 348 g/mol. The van der Waals surface area contributed by atoms with E-state index in [9.17, 15) is 9.59 Å². The lowest BCUT2D eigenvalue weighted by atomic mass is 10.4. The van der Waals surface area contributed by atoms with Gasteiger partial charge in [0.05, 0.1) is 13.7 Å². The number of esters is 2. The van der Waals surface area contributed by atoms with E-state index < -0.39 is 8.80 Å². The molecule has 0 radical (unpaired) electrons. The molecule has 0 rings (SSSR count). The Labute approximate surface area is 139 Å². The maximum Gasteiger partial charge on any atom is 0.529 e. The summed E-state index contributed by atoms with van der Waals surface area (Å²) in [7, 11) is 2.94. The lowest BCUT2D eigenvalue weighted by Crippen LogP contribution is -2.41. The SMILES string of the molecule is C=C(C)C(=O)OC.CCCOC(=O)C(C)=C[Si](OC)(OC)OC. The molecular formula is C15H28O7Si. The fourth-order valence-electron chi connectivity index (χ4n) is 1.23. The molecule has 0 aliphatic heterocycles. The van der Waals surface area contributed by atoms with E-state index in [0.29, 0.717) is 17.8 Å². The first-order chi connectivity index (χ1) is 10.7. The van der Waals surface area contributed by atoms with Crippen molar-refractivity contribution in [3.05, 3.63) is 23.4 Å². The molecule has 23 heavy (non-hydrogen) atoms. The van der Waals surface area contributed by atoms with E-state index in [-0.39, 0.29) is 11.9 Å². The highest BCUT2D eigenvalue weighted by Crippen LogP contribution is 2.11. The molecule has 0 fully saturated rings. The van der Waals surface area contributed by atoms with Crippen LogP contribution in [-0.2, 0) is 32.3 Å². The highest BCUT2D eigenvalue weighted by atomic mass is 28.4. The van der Waals surface area contributed by atoms with Gasteiger partial charge in [0.1, 0.15) is 0 Å². The van der Waals surface area contributed by atoms with E-state index in [1.54, 1.807) is 19.5 Å². The largest absolute Gasteiger partial charge is 0.529 e. The topological polar surface area (TPSA) is 80.3 Å². The van der Waals surface area contributed by atoms with Crippen LogP contribution in [0.5, 0.6) is 0 Å². The smallest absolute Gasteiger partial charge is 0.466 e. The highest BCUT2D eigenvalue weighted by Gasteiger charge is 2.36. The van der Waals surface area contributed by atoms with Crippen LogP contribution in [-0.4, -0.2) is 55.8 Å². The van der Waals surface area contributed by atoms with Crippen LogP contribution in [0.2, 0.25) is 0 Å². The molecule has 7 nitrogen and oxygen atoms in total. The summed E-state index contributed by atoms with van der Waals surface area (Å²) < 4.78 is 24.8. The molecule has 0 aliphatic carbocycles. The molecule has 0 bridgehead atoms. The molecule has 0 aliphatic rings. The summed E-state index contributed by atoms with van der Waals surface area (Å²) in [5, 5.41) is 0. The first kappa shape index (κ1) is 23.8. The number of hydrogen-bond acceptors (Lipinski definition) is 7. The number of methoxy groups -OCH3 is 1. The Kier molecular flexibility index (Phi) is 13.4. The van der Waals surface area contributed by atoms with E-state index >= 15 is 0 Å². The van der Waals surface area contributed by atoms with Crippen molar-refractivity contribution < 1.29 is 32.3 Å². The minimum atomic E-state index is -2.85. The van der Waals surface area contributed by atoms with Gasteiger partial charge in [-0.3, -0.25) is 0 Å². The minimum Gasteiger partial charge on any atom is -0.466 e. The van der Waals surface area contributed by atoms with Gasteiger partial charge in [-0.05, 0) is 26.0 Å². The van der Waals surface area contributed by atoms with E-state index in [1.807, 2.05) is 6.92 Å². The van der Waals surface area contributed by atoms with Gasteiger partial charge >= 0.3 is 20.7 Å². The van der Waals surface area contributed by atoms with Gasteiger partial charge in [0.2, 0.25) is 0 Å². The summed E-state index contributed by atoms with van der Waals surface area (Å²) in [6.45, 7) is 8.95. The molecule has 0 unspecified atom stereocenters. The fraction of sp³-hybridized carbons (Fsp3) is 0.600. The zero-order valence-electron chi connectivity index (χ0n) is 15.1. The van der Waals surface area contributed by atoms with Crippen LogP contribution in [0, 0.1) is 0 Å². The molecule has 0 N–H and O–H groups in total. The second-order valence-electron chi connectivity index (χ2n) is 4.45. The Morgan fingerprint density at radius 2 is 1.48 bits per heavy atom. The summed E-state index contributed by atoms with van der Waals surface area (Å²) in [5.41, 5.74) is 2.44. The van der Waals surface area contributed by atoms with Gasteiger partial charge in [0, 0.05) is 32.5 Å². The summed E-state index contributed by atoms with van der Waals surface area (Å²) in [5.74, 6) is -0.718. The van der Waals surface area contributed by atoms with Crippen molar-refractivity contribution in [1.82, 2.24) is 0 Å². The normalized spacial score (nSPS) is 11.2. The number of carbonyl (C=O) groups excluding carboxylic acids is 2. The molecule has 0 atom stereocenters. The van der Waals surface area contributed by atoms with E-state index in [1.165, 1.54) is 28.4 Å². The zero-order chi connectivity index (χ0) is 18.5. The first-order valence-corrected chi connectivity index (χ1v) is 8.79. The van der Waals surface area contributed by atoms with Gasteiger partial charge in [-0.2, -0.15) is 0 Å². The van der Waals surface area contributed by atoms with Crippen LogP contribution in [0.4, 0.5) is 0 Å². The first-order valence-electron chi connectivity index (χ1n) is 6.99. The summed E-state index contributed by atoms with van der Waals surface area (Å²) in [6, 6.07) is 0. The molecule has 0 amide bonds. The maximum absolute atomic E-state index is 11.5. The van der Waals surface area contributed by atoms with Crippen molar-refractivity contribution in [1.29, 1.82) is 0 Å². The molecule has 0 aromatic carbocycles. The Morgan fingerprint density at radius 3 is 1.74 bits per heavy atom. The molecule has 0 aromatic heterocycles. The molecule has 134 valence electrons. The Hall–Kier alpha value is -1.48. The Morgan fingerprint density at radius 1 is 1.00 bits per heavy atom. The van der Waals surface area contributed by atoms with E-state index in [2.05, 4.69) is 11.3 Å². The standard InChI is InChI=1S/C10H20O5Si.C5H8O2/c1-6-7-15-10(11)9(2)8-16(12-3,13-4)14-5;1-4(2)5(6)7-3/h8H,6-7H2,1-5H3;1H2,2-3H3. The molecule has 8 heteroatoms. The highest BCUT2D eigenvalue weighted by molar-refractivity contribution is 6.66. The van der Waals surface area contributed by atoms with Crippen LogP contribution in [0.1, 0.15) is 27.2 Å². The summed E-state index contributed by atoms with van der Waals surface area (Å²) in [4.78, 5) is 21.7. The predicted octanol–water partition coefficient (Wildman–Crippen LogP) is 2.04. The van der Waals surface area contributed by atoms with Gasteiger partial charge in [-0.1, -0.05) is 13.5 Å². The number of rotatable bonds is 8. The third-order valence-electron chi connectivity index (χ3n) is 2.54. The molecular weight excluding hydrogens is 320 g/mol. The van der Waals surface area contributed by atoms with Crippen LogP contribution >= 0.6 is 0 Å². The van der Waals surface area contributed by atoms with Crippen LogP contribution in [0.25, 0.3) is 0 Å². The summed E-state index contributed by atoms with van der Waals surface area (Å²) in [6.07, 6.45) is 0.792. The predicted molar refractivity (Wildman–Crippen MR) is 88.6 cm³/mol. The average molecular weight is 348 g/mol. The molecule has 0 saturated carbocycles. The second kappa shape index (κ2) is 13.0. The minimum absolute atomic E-state index is 0.347. The van der Waals surface area contributed by atoms with Gasteiger partial charge in [0.25, 0.3) is 0 Å². The van der Waals surface area contributed by atoms with Crippen molar-refractivity contribution in [2.45, 2.75) is 27.2 Å². The summed E-state index contributed by atoms with van der Waals surface area (Å²) >= 11 is 0. The van der Waals surface area contributed by atoms with Crippen LogP contribution in [0.15, 0.2) is 23.4 Å². The Balaban J connectivity index is 0. The van der Waals surface area contributed by atoms with Gasteiger partial charge in [0.15, 0.2) is 0 Å². The molecule has 0 heterocycles. The van der Waals surface area contributed by atoms with Crippen molar-refractivity contribution in [2.24, 2.45) is 0 Å². The quantitative estimate of drug-likeness (QED) is 0.377. The van der Waals surface area contributed by atoms with E-state index in [0.717, 1.165) is 6.42 Å². The molecule has 0 saturated heterocycles. The van der Waals surface area contributed by atoms with E-state index in [4.69, 9.17) is 18.0 Å². The maximum atomic E-state index is 11.5. The average Bonchev–Trinajstić information content (AvgIpc) is 2.57.